The van der Waals surface area contributed by atoms with Crippen LogP contribution >= 0.6 is 27.3 Å². The van der Waals surface area contributed by atoms with Crippen LogP contribution in [0, 0.1) is 0 Å². The molecule has 1 fully saturated rings. The number of carbonyl (C=O) groups excluding carboxylic acids is 2. The molecule has 1 saturated heterocycles. The average molecular weight is 374 g/mol. The lowest BCUT2D eigenvalue weighted by atomic mass is 10.3. The molecule has 0 aliphatic carbocycles. The van der Waals surface area contributed by atoms with Crippen molar-refractivity contribution in [3.8, 4) is 0 Å². The number of thiophene rings is 1. The predicted octanol–water partition coefficient (Wildman–Crippen LogP) is 1.79. The number of nitrogens with one attached hydrogen (secondary N) is 1. The molecular formula is C14H20BrN3O2S. The molecular weight excluding hydrogens is 354 g/mol. The fourth-order valence-corrected chi connectivity index (χ4v) is 3.62. The largest absolute Gasteiger partial charge is 0.353 e. The van der Waals surface area contributed by atoms with Crippen molar-refractivity contribution in [3.05, 3.63) is 20.8 Å². The van der Waals surface area contributed by atoms with Crippen molar-refractivity contribution in [2.24, 2.45) is 0 Å². The number of amides is 2. The molecule has 116 valence electrons. The van der Waals surface area contributed by atoms with E-state index in [1.54, 1.807) is 0 Å². The number of hydrogen-bond acceptors (Lipinski definition) is 4. The minimum absolute atomic E-state index is 0.0481. The summed E-state index contributed by atoms with van der Waals surface area (Å²) in [6.45, 7) is 7.13. The molecule has 0 radical (unpaired) electrons. The Morgan fingerprint density at radius 1 is 1.29 bits per heavy atom. The van der Waals surface area contributed by atoms with Gasteiger partial charge in [0.1, 0.15) is 0 Å². The van der Waals surface area contributed by atoms with Gasteiger partial charge < -0.3 is 10.2 Å². The molecule has 0 atom stereocenters. The van der Waals surface area contributed by atoms with Gasteiger partial charge in [0.05, 0.1) is 15.2 Å². The Kier molecular flexibility index (Phi) is 5.78. The van der Waals surface area contributed by atoms with Crippen molar-refractivity contribution in [1.29, 1.82) is 0 Å². The summed E-state index contributed by atoms with van der Waals surface area (Å²) in [5, 5.41) is 2.89. The summed E-state index contributed by atoms with van der Waals surface area (Å²) >= 11 is 4.83. The molecule has 0 bridgehead atoms. The Balaban J connectivity index is 1.80. The van der Waals surface area contributed by atoms with Gasteiger partial charge in [-0.2, -0.15) is 0 Å². The second-order valence-electron chi connectivity index (χ2n) is 5.39. The molecule has 0 saturated carbocycles. The number of hydrogen-bond donors (Lipinski definition) is 1. The smallest absolute Gasteiger partial charge is 0.264 e. The Labute approximate surface area is 137 Å². The van der Waals surface area contributed by atoms with Gasteiger partial charge in [-0.25, -0.2) is 0 Å². The second-order valence-corrected chi connectivity index (χ2v) is 7.86. The summed E-state index contributed by atoms with van der Waals surface area (Å²) in [7, 11) is 0. The van der Waals surface area contributed by atoms with Crippen molar-refractivity contribution >= 4 is 39.1 Å². The van der Waals surface area contributed by atoms with Crippen LogP contribution in [0.15, 0.2) is 15.9 Å². The zero-order valence-corrected chi connectivity index (χ0v) is 14.7. The van der Waals surface area contributed by atoms with Crippen LogP contribution < -0.4 is 5.32 Å². The van der Waals surface area contributed by atoms with E-state index in [0.29, 0.717) is 19.6 Å². The fourth-order valence-electron chi connectivity index (χ4n) is 2.26. The minimum atomic E-state index is 0.0481. The molecule has 21 heavy (non-hydrogen) atoms. The third-order valence-electron chi connectivity index (χ3n) is 3.26. The van der Waals surface area contributed by atoms with Gasteiger partial charge in [0.15, 0.2) is 0 Å². The zero-order valence-electron chi connectivity index (χ0n) is 12.3. The molecule has 5 nitrogen and oxygen atoms in total. The van der Waals surface area contributed by atoms with Crippen molar-refractivity contribution in [1.82, 2.24) is 15.1 Å². The average Bonchev–Trinajstić information content (AvgIpc) is 2.84. The molecule has 1 N–H and O–H groups in total. The molecule has 2 heterocycles. The highest BCUT2D eigenvalue weighted by Crippen LogP contribution is 2.23. The first-order chi connectivity index (χ1) is 9.95. The Hall–Kier alpha value is -0.920. The lowest BCUT2D eigenvalue weighted by Gasteiger charge is -2.34. The number of carbonyl (C=O) groups is 2. The molecule has 1 aliphatic rings. The maximum absolute atomic E-state index is 12.3. The topological polar surface area (TPSA) is 52.7 Å². The summed E-state index contributed by atoms with van der Waals surface area (Å²) in [4.78, 5) is 28.7. The number of halogens is 1. The normalized spacial score (nSPS) is 16.3. The Morgan fingerprint density at radius 2 is 1.95 bits per heavy atom. The van der Waals surface area contributed by atoms with Crippen molar-refractivity contribution in [2.75, 3.05) is 32.7 Å². The number of rotatable bonds is 4. The summed E-state index contributed by atoms with van der Waals surface area (Å²) in [5.74, 6) is 0.129. The van der Waals surface area contributed by atoms with E-state index in [9.17, 15) is 9.59 Å². The highest BCUT2D eigenvalue weighted by atomic mass is 79.9. The first-order valence-corrected chi connectivity index (χ1v) is 8.63. The molecule has 0 spiro atoms. The van der Waals surface area contributed by atoms with Crippen LogP contribution in [0.25, 0.3) is 0 Å². The fraction of sp³-hybridized carbons (Fsp3) is 0.571. The molecule has 7 heteroatoms. The van der Waals surface area contributed by atoms with Gasteiger partial charge in [0, 0.05) is 32.2 Å². The van der Waals surface area contributed by atoms with Gasteiger partial charge in [-0.05, 0) is 41.9 Å². The SMILES string of the molecule is CC(C)NC(=O)CN1CCN(C(=O)c2ccc(Br)s2)CC1. The van der Waals surface area contributed by atoms with Crippen LogP contribution in [-0.2, 0) is 4.79 Å². The monoisotopic (exact) mass is 373 g/mol. The third kappa shape index (κ3) is 4.79. The molecule has 0 unspecified atom stereocenters. The van der Waals surface area contributed by atoms with Crippen molar-refractivity contribution in [2.45, 2.75) is 19.9 Å². The highest BCUT2D eigenvalue weighted by molar-refractivity contribution is 9.11. The van der Waals surface area contributed by atoms with Gasteiger partial charge in [-0.1, -0.05) is 0 Å². The molecule has 1 aromatic heterocycles. The maximum atomic E-state index is 12.3. The van der Waals surface area contributed by atoms with E-state index in [1.807, 2.05) is 30.9 Å². The standard InChI is InChI=1S/C14H20BrN3O2S/c1-10(2)16-13(19)9-17-5-7-18(8-6-17)14(20)11-3-4-12(15)21-11/h3-4,10H,5-9H2,1-2H3,(H,16,19). The number of nitrogens with zero attached hydrogens (tertiary/aromatic N) is 2. The minimum Gasteiger partial charge on any atom is -0.353 e. The molecule has 1 aromatic rings. The molecule has 1 aliphatic heterocycles. The van der Waals surface area contributed by atoms with E-state index in [-0.39, 0.29) is 17.9 Å². The van der Waals surface area contributed by atoms with E-state index in [0.717, 1.165) is 21.8 Å². The number of piperazine rings is 1. The van der Waals surface area contributed by atoms with E-state index in [1.165, 1.54) is 11.3 Å². The van der Waals surface area contributed by atoms with E-state index in [2.05, 4.69) is 26.1 Å². The lowest BCUT2D eigenvalue weighted by molar-refractivity contribution is -0.123. The van der Waals surface area contributed by atoms with Gasteiger partial charge in [-0.3, -0.25) is 14.5 Å². The van der Waals surface area contributed by atoms with Crippen molar-refractivity contribution in [3.63, 3.8) is 0 Å². The first-order valence-electron chi connectivity index (χ1n) is 7.02. The lowest BCUT2D eigenvalue weighted by Crippen LogP contribution is -2.51. The molecule has 2 rings (SSSR count). The van der Waals surface area contributed by atoms with E-state index < -0.39 is 0 Å². The Bertz CT molecular complexity index is 510. The zero-order chi connectivity index (χ0) is 15.4. The van der Waals surface area contributed by atoms with Gasteiger partial charge >= 0.3 is 0 Å². The maximum Gasteiger partial charge on any atom is 0.264 e. The summed E-state index contributed by atoms with van der Waals surface area (Å²) in [5.41, 5.74) is 0. The van der Waals surface area contributed by atoms with Crippen LogP contribution in [0.3, 0.4) is 0 Å². The predicted molar refractivity (Wildman–Crippen MR) is 87.6 cm³/mol. The van der Waals surface area contributed by atoms with Crippen LogP contribution in [0.2, 0.25) is 0 Å². The molecule has 0 aromatic carbocycles. The van der Waals surface area contributed by atoms with Crippen LogP contribution in [0.1, 0.15) is 23.5 Å². The second kappa shape index (κ2) is 7.38. The van der Waals surface area contributed by atoms with Crippen LogP contribution in [0.5, 0.6) is 0 Å². The molecule has 2 amide bonds. The van der Waals surface area contributed by atoms with E-state index in [4.69, 9.17) is 0 Å². The first kappa shape index (κ1) is 16.5. The van der Waals surface area contributed by atoms with Crippen molar-refractivity contribution < 1.29 is 9.59 Å². The summed E-state index contributed by atoms with van der Waals surface area (Å²) in [6, 6.07) is 3.90. The van der Waals surface area contributed by atoms with E-state index >= 15 is 0 Å². The summed E-state index contributed by atoms with van der Waals surface area (Å²) < 4.78 is 0.967. The quantitative estimate of drug-likeness (QED) is 0.875. The van der Waals surface area contributed by atoms with Crippen LogP contribution in [-0.4, -0.2) is 60.4 Å². The van der Waals surface area contributed by atoms with Gasteiger partial charge in [0.25, 0.3) is 5.91 Å². The third-order valence-corrected chi connectivity index (χ3v) is 4.87. The van der Waals surface area contributed by atoms with Gasteiger partial charge in [-0.15, -0.1) is 11.3 Å². The van der Waals surface area contributed by atoms with Crippen LogP contribution in [0.4, 0.5) is 0 Å². The highest BCUT2D eigenvalue weighted by Gasteiger charge is 2.24. The summed E-state index contributed by atoms with van der Waals surface area (Å²) in [6.07, 6.45) is 0. The Morgan fingerprint density at radius 3 is 2.48 bits per heavy atom. The van der Waals surface area contributed by atoms with Gasteiger partial charge in [0.2, 0.25) is 5.91 Å².